The van der Waals surface area contributed by atoms with Gasteiger partial charge in [-0.05, 0) is 38.1 Å². The molecule has 0 radical (unpaired) electrons. The molecule has 2 heterocycles. The van der Waals surface area contributed by atoms with E-state index in [2.05, 4.69) is 5.32 Å². The third-order valence-corrected chi connectivity index (χ3v) is 2.70. The molecule has 0 spiro atoms. The Morgan fingerprint density at radius 2 is 2.13 bits per heavy atom. The van der Waals surface area contributed by atoms with E-state index in [1.165, 1.54) is 0 Å². The van der Waals surface area contributed by atoms with E-state index in [4.69, 9.17) is 5.11 Å². The Kier molecular flexibility index (Phi) is 4.17. The van der Waals surface area contributed by atoms with Gasteiger partial charge in [0.25, 0.3) is 0 Å². The minimum atomic E-state index is -0.839. The molecule has 1 aliphatic rings. The molecular formula is C10H15ClN2O2. The minimum Gasteiger partial charge on any atom is -0.477 e. The molecule has 0 aromatic carbocycles. The quantitative estimate of drug-likeness (QED) is 0.810. The third kappa shape index (κ3) is 2.52. The van der Waals surface area contributed by atoms with Gasteiger partial charge in [0.05, 0.1) is 0 Å². The van der Waals surface area contributed by atoms with Crippen molar-refractivity contribution in [1.82, 2.24) is 9.88 Å². The Morgan fingerprint density at radius 3 is 2.73 bits per heavy atom. The van der Waals surface area contributed by atoms with Crippen LogP contribution < -0.4 is 5.32 Å². The fourth-order valence-corrected chi connectivity index (χ4v) is 1.98. The number of hydrogen-bond donors (Lipinski definition) is 2. The highest BCUT2D eigenvalue weighted by atomic mass is 35.5. The van der Waals surface area contributed by atoms with Crippen molar-refractivity contribution >= 4 is 18.4 Å². The largest absolute Gasteiger partial charge is 0.477 e. The first-order chi connectivity index (χ1) is 6.79. The van der Waals surface area contributed by atoms with Gasteiger partial charge in [-0.1, -0.05) is 0 Å². The van der Waals surface area contributed by atoms with Crippen molar-refractivity contribution in [3.63, 3.8) is 0 Å². The summed E-state index contributed by atoms with van der Waals surface area (Å²) in [5.41, 5.74) is 0.400. The molecule has 1 aromatic heterocycles. The van der Waals surface area contributed by atoms with E-state index >= 15 is 0 Å². The maximum Gasteiger partial charge on any atom is 0.352 e. The third-order valence-electron chi connectivity index (χ3n) is 2.70. The zero-order valence-electron chi connectivity index (χ0n) is 8.35. The van der Waals surface area contributed by atoms with E-state index in [1.54, 1.807) is 12.1 Å². The van der Waals surface area contributed by atoms with Crippen molar-refractivity contribution in [3.8, 4) is 0 Å². The van der Waals surface area contributed by atoms with Crippen LogP contribution in [0.15, 0.2) is 18.3 Å². The van der Waals surface area contributed by atoms with Gasteiger partial charge in [0.1, 0.15) is 5.69 Å². The summed E-state index contributed by atoms with van der Waals surface area (Å²) < 4.78 is 1.88. The molecule has 0 bridgehead atoms. The molecule has 5 heteroatoms. The smallest absolute Gasteiger partial charge is 0.352 e. The predicted molar refractivity (Wildman–Crippen MR) is 59.8 cm³/mol. The minimum absolute atomic E-state index is 0. The molecule has 4 nitrogen and oxygen atoms in total. The number of carbonyl (C=O) groups is 1. The lowest BCUT2D eigenvalue weighted by Crippen LogP contribution is -2.30. The number of nitrogens with one attached hydrogen (secondary N) is 1. The van der Waals surface area contributed by atoms with Crippen LogP contribution in [0.4, 0.5) is 0 Å². The van der Waals surface area contributed by atoms with Crippen molar-refractivity contribution in [1.29, 1.82) is 0 Å². The summed E-state index contributed by atoms with van der Waals surface area (Å²) in [6.07, 6.45) is 3.88. The fourth-order valence-electron chi connectivity index (χ4n) is 1.98. The first kappa shape index (κ1) is 12.1. The van der Waals surface area contributed by atoms with Crippen LogP contribution in [0, 0.1) is 0 Å². The van der Waals surface area contributed by atoms with E-state index in [9.17, 15) is 4.79 Å². The molecule has 0 atom stereocenters. The number of carboxylic acid groups (broad SMARTS) is 1. The summed E-state index contributed by atoms with van der Waals surface area (Å²) in [7, 11) is 0. The Balaban J connectivity index is 0.00000112. The second kappa shape index (κ2) is 5.19. The molecule has 1 aliphatic heterocycles. The summed E-state index contributed by atoms with van der Waals surface area (Å²) in [5.74, 6) is -0.839. The van der Waals surface area contributed by atoms with Crippen LogP contribution in [-0.4, -0.2) is 28.7 Å². The van der Waals surface area contributed by atoms with E-state index in [1.807, 2.05) is 10.8 Å². The van der Waals surface area contributed by atoms with Crippen LogP contribution in [0.1, 0.15) is 29.4 Å². The number of nitrogens with zero attached hydrogens (tertiary/aromatic N) is 1. The van der Waals surface area contributed by atoms with Gasteiger partial charge in [-0.2, -0.15) is 0 Å². The van der Waals surface area contributed by atoms with Gasteiger partial charge in [-0.25, -0.2) is 4.79 Å². The lowest BCUT2D eigenvalue weighted by atomic mass is 10.1. The van der Waals surface area contributed by atoms with Crippen molar-refractivity contribution < 1.29 is 9.90 Å². The van der Waals surface area contributed by atoms with E-state index in [0.717, 1.165) is 25.9 Å². The molecule has 1 fully saturated rings. The van der Waals surface area contributed by atoms with Crippen molar-refractivity contribution in [2.75, 3.05) is 13.1 Å². The first-order valence-corrected chi connectivity index (χ1v) is 4.90. The number of carboxylic acids is 1. The van der Waals surface area contributed by atoms with Gasteiger partial charge in [0.2, 0.25) is 0 Å². The topological polar surface area (TPSA) is 54.3 Å². The highest BCUT2D eigenvalue weighted by Crippen LogP contribution is 2.20. The summed E-state index contributed by atoms with van der Waals surface area (Å²) in [5, 5.41) is 12.2. The molecule has 2 rings (SSSR count). The monoisotopic (exact) mass is 230 g/mol. The summed E-state index contributed by atoms with van der Waals surface area (Å²) in [6, 6.07) is 3.80. The van der Waals surface area contributed by atoms with Crippen LogP contribution in [0.3, 0.4) is 0 Å². The van der Waals surface area contributed by atoms with E-state index in [-0.39, 0.29) is 12.4 Å². The van der Waals surface area contributed by atoms with Crippen molar-refractivity contribution in [2.24, 2.45) is 0 Å². The Morgan fingerprint density at radius 1 is 1.47 bits per heavy atom. The van der Waals surface area contributed by atoms with E-state index in [0.29, 0.717) is 11.7 Å². The molecule has 84 valence electrons. The van der Waals surface area contributed by atoms with Gasteiger partial charge in [-0.15, -0.1) is 12.4 Å². The Labute approximate surface area is 94.7 Å². The summed E-state index contributed by atoms with van der Waals surface area (Å²) >= 11 is 0. The van der Waals surface area contributed by atoms with Gasteiger partial charge in [0, 0.05) is 12.2 Å². The van der Waals surface area contributed by atoms with Crippen LogP contribution in [0.25, 0.3) is 0 Å². The molecule has 1 saturated heterocycles. The van der Waals surface area contributed by atoms with Gasteiger partial charge >= 0.3 is 5.97 Å². The Bertz CT molecular complexity index is 332. The number of aromatic nitrogens is 1. The standard InChI is InChI=1S/C10H14N2O2.ClH/c13-10(14)9-2-1-7-12(9)8-3-5-11-6-4-8;/h1-2,7-8,11H,3-6H2,(H,13,14);1H. The molecule has 15 heavy (non-hydrogen) atoms. The first-order valence-electron chi connectivity index (χ1n) is 4.90. The number of hydrogen-bond acceptors (Lipinski definition) is 2. The van der Waals surface area contributed by atoms with Crippen molar-refractivity contribution in [3.05, 3.63) is 24.0 Å². The zero-order chi connectivity index (χ0) is 9.97. The second-order valence-corrected chi connectivity index (χ2v) is 3.59. The zero-order valence-corrected chi connectivity index (χ0v) is 9.17. The molecule has 0 amide bonds. The normalized spacial score (nSPS) is 17.1. The molecule has 2 N–H and O–H groups in total. The van der Waals surface area contributed by atoms with Crippen molar-refractivity contribution in [2.45, 2.75) is 18.9 Å². The average molecular weight is 231 g/mol. The van der Waals surface area contributed by atoms with Crippen LogP contribution >= 0.6 is 12.4 Å². The number of rotatable bonds is 2. The molecular weight excluding hydrogens is 216 g/mol. The number of aromatic carboxylic acids is 1. The van der Waals surface area contributed by atoms with Crippen LogP contribution in [0.2, 0.25) is 0 Å². The highest BCUT2D eigenvalue weighted by Gasteiger charge is 2.18. The maximum absolute atomic E-state index is 10.9. The number of piperidine rings is 1. The van der Waals surface area contributed by atoms with Gasteiger partial charge in [-0.3, -0.25) is 0 Å². The summed E-state index contributed by atoms with van der Waals surface area (Å²) in [6.45, 7) is 1.95. The number of halogens is 1. The predicted octanol–water partition coefficient (Wildman–Crippen LogP) is 1.53. The lowest BCUT2D eigenvalue weighted by molar-refractivity contribution is 0.0681. The highest BCUT2D eigenvalue weighted by molar-refractivity contribution is 5.86. The maximum atomic E-state index is 10.9. The lowest BCUT2D eigenvalue weighted by Gasteiger charge is -2.25. The molecule has 1 aromatic rings. The van der Waals surface area contributed by atoms with Crippen LogP contribution in [0.5, 0.6) is 0 Å². The Hall–Kier alpha value is -1.00. The second-order valence-electron chi connectivity index (χ2n) is 3.59. The average Bonchev–Trinajstić information content (AvgIpc) is 2.67. The summed E-state index contributed by atoms with van der Waals surface area (Å²) in [4.78, 5) is 10.9. The van der Waals surface area contributed by atoms with Gasteiger partial charge < -0.3 is 15.0 Å². The molecule has 0 aliphatic carbocycles. The molecule has 0 saturated carbocycles. The fraction of sp³-hybridized carbons (Fsp3) is 0.500. The van der Waals surface area contributed by atoms with Gasteiger partial charge in [0.15, 0.2) is 0 Å². The molecule has 0 unspecified atom stereocenters. The van der Waals surface area contributed by atoms with Crippen LogP contribution in [-0.2, 0) is 0 Å². The SMILES string of the molecule is Cl.O=C(O)c1cccn1C1CCNCC1. The van der Waals surface area contributed by atoms with E-state index < -0.39 is 5.97 Å².